The van der Waals surface area contributed by atoms with E-state index in [9.17, 15) is 4.79 Å². The number of nitrogens with one attached hydrogen (secondary N) is 1. The predicted octanol–water partition coefficient (Wildman–Crippen LogP) is 4.11. The van der Waals surface area contributed by atoms with Gasteiger partial charge in [0.15, 0.2) is 6.61 Å². The first kappa shape index (κ1) is 18.4. The van der Waals surface area contributed by atoms with Crippen LogP contribution in [0.3, 0.4) is 0 Å². The SMILES string of the molecule is N#Cc1ccc(-c2ccc(/C=N\NC(=O)COc3ccc(Br)cc3)o2)cc1. The minimum atomic E-state index is -0.381. The molecule has 0 atom stereocenters. The van der Waals surface area contributed by atoms with E-state index in [1.54, 1.807) is 48.5 Å². The zero-order valence-electron chi connectivity index (χ0n) is 14.1. The van der Waals surface area contributed by atoms with E-state index in [2.05, 4.69) is 32.5 Å². The van der Waals surface area contributed by atoms with Crippen LogP contribution in [0.1, 0.15) is 11.3 Å². The highest BCUT2D eigenvalue weighted by Gasteiger charge is 2.04. The summed E-state index contributed by atoms with van der Waals surface area (Å²) in [6.07, 6.45) is 1.41. The molecule has 0 saturated heterocycles. The van der Waals surface area contributed by atoms with Crippen molar-refractivity contribution in [3.05, 3.63) is 76.5 Å². The van der Waals surface area contributed by atoms with Crippen LogP contribution in [0.4, 0.5) is 0 Å². The summed E-state index contributed by atoms with van der Waals surface area (Å²) in [5.41, 5.74) is 3.81. The molecular weight excluding hydrogens is 410 g/mol. The monoisotopic (exact) mass is 423 g/mol. The van der Waals surface area contributed by atoms with Gasteiger partial charge in [-0.15, -0.1) is 0 Å². The van der Waals surface area contributed by atoms with Crippen LogP contribution in [0.15, 0.2) is 74.7 Å². The average Bonchev–Trinajstić information content (AvgIpc) is 3.16. The van der Waals surface area contributed by atoms with Crippen molar-refractivity contribution in [2.45, 2.75) is 0 Å². The molecule has 1 amide bonds. The van der Waals surface area contributed by atoms with E-state index < -0.39 is 0 Å². The van der Waals surface area contributed by atoms with Gasteiger partial charge in [-0.25, -0.2) is 5.43 Å². The van der Waals surface area contributed by atoms with Crippen LogP contribution in [-0.4, -0.2) is 18.7 Å². The molecule has 1 aromatic heterocycles. The Balaban J connectivity index is 1.50. The first-order valence-electron chi connectivity index (χ1n) is 7.95. The molecule has 0 saturated carbocycles. The number of benzene rings is 2. The summed E-state index contributed by atoms with van der Waals surface area (Å²) in [7, 11) is 0. The fraction of sp³-hybridized carbons (Fsp3) is 0.0500. The molecule has 6 nitrogen and oxygen atoms in total. The molecule has 0 aliphatic carbocycles. The maximum Gasteiger partial charge on any atom is 0.277 e. The van der Waals surface area contributed by atoms with Crippen LogP contribution in [-0.2, 0) is 4.79 Å². The molecule has 1 N–H and O–H groups in total. The van der Waals surface area contributed by atoms with Crippen molar-refractivity contribution in [1.29, 1.82) is 5.26 Å². The Morgan fingerprint density at radius 1 is 1.15 bits per heavy atom. The highest BCUT2D eigenvalue weighted by atomic mass is 79.9. The molecule has 3 aromatic rings. The third-order valence-corrected chi connectivity index (χ3v) is 4.02. The summed E-state index contributed by atoms with van der Waals surface area (Å²) in [5, 5.41) is 12.7. The third-order valence-electron chi connectivity index (χ3n) is 3.49. The lowest BCUT2D eigenvalue weighted by Gasteiger charge is -2.04. The number of hydrogen-bond donors (Lipinski definition) is 1. The maximum atomic E-state index is 11.7. The largest absolute Gasteiger partial charge is 0.484 e. The lowest BCUT2D eigenvalue weighted by Crippen LogP contribution is -2.24. The molecule has 0 radical (unpaired) electrons. The maximum absolute atomic E-state index is 11.7. The molecule has 3 rings (SSSR count). The Morgan fingerprint density at radius 3 is 2.59 bits per heavy atom. The lowest BCUT2D eigenvalue weighted by atomic mass is 10.1. The number of halogens is 1. The molecule has 0 spiro atoms. The predicted molar refractivity (Wildman–Crippen MR) is 104 cm³/mol. The average molecular weight is 424 g/mol. The number of nitriles is 1. The van der Waals surface area contributed by atoms with E-state index in [0.717, 1.165) is 10.0 Å². The van der Waals surface area contributed by atoms with Gasteiger partial charge in [0.1, 0.15) is 17.3 Å². The standard InChI is InChI=1S/C20H14BrN3O3/c21-16-5-7-17(8-6-16)26-13-20(25)24-23-12-18-9-10-19(27-18)15-3-1-14(11-22)2-4-15/h1-10,12H,13H2,(H,24,25)/b23-12-. The number of rotatable bonds is 6. The van der Waals surface area contributed by atoms with Gasteiger partial charge in [-0.05, 0) is 60.7 Å². The summed E-state index contributed by atoms with van der Waals surface area (Å²) >= 11 is 3.33. The van der Waals surface area contributed by atoms with Gasteiger partial charge in [-0.2, -0.15) is 10.4 Å². The van der Waals surface area contributed by atoms with Gasteiger partial charge in [0.25, 0.3) is 5.91 Å². The number of nitrogens with zero attached hydrogens (tertiary/aromatic N) is 2. The van der Waals surface area contributed by atoms with E-state index in [0.29, 0.717) is 22.8 Å². The van der Waals surface area contributed by atoms with Gasteiger partial charge in [0.05, 0.1) is 17.8 Å². The Hall–Kier alpha value is -3.37. The summed E-state index contributed by atoms with van der Waals surface area (Å²) in [5.74, 6) is 1.35. The summed E-state index contributed by atoms with van der Waals surface area (Å²) in [6.45, 7) is -0.145. The van der Waals surface area contributed by atoms with Crippen molar-refractivity contribution >= 4 is 28.1 Å². The number of amides is 1. The molecular formula is C20H14BrN3O3. The number of carbonyl (C=O) groups excluding carboxylic acids is 1. The fourth-order valence-electron chi connectivity index (χ4n) is 2.17. The smallest absolute Gasteiger partial charge is 0.277 e. The first-order valence-corrected chi connectivity index (χ1v) is 8.74. The van der Waals surface area contributed by atoms with E-state index in [4.69, 9.17) is 14.4 Å². The van der Waals surface area contributed by atoms with E-state index in [-0.39, 0.29) is 12.5 Å². The Kier molecular flexibility index (Phi) is 6.02. The summed E-state index contributed by atoms with van der Waals surface area (Å²) in [4.78, 5) is 11.7. The van der Waals surface area contributed by atoms with Gasteiger partial charge in [0.2, 0.25) is 0 Å². The number of hydrazone groups is 1. The second kappa shape index (κ2) is 8.83. The lowest BCUT2D eigenvalue weighted by molar-refractivity contribution is -0.123. The quantitative estimate of drug-likeness (QED) is 0.477. The Morgan fingerprint density at radius 2 is 1.89 bits per heavy atom. The zero-order chi connectivity index (χ0) is 19.1. The van der Waals surface area contributed by atoms with Crippen molar-refractivity contribution < 1.29 is 13.9 Å². The van der Waals surface area contributed by atoms with Gasteiger partial charge in [-0.1, -0.05) is 15.9 Å². The summed E-state index contributed by atoms with van der Waals surface area (Å²) in [6, 6.07) is 19.8. The van der Waals surface area contributed by atoms with Crippen molar-refractivity contribution in [2.24, 2.45) is 5.10 Å². The van der Waals surface area contributed by atoms with Crippen LogP contribution in [0.2, 0.25) is 0 Å². The number of carbonyl (C=O) groups is 1. The molecule has 0 unspecified atom stereocenters. The van der Waals surface area contributed by atoms with Gasteiger partial charge < -0.3 is 9.15 Å². The van der Waals surface area contributed by atoms with Crippen LogP contribution >= 0.6 is 15.9 Å². The van der Waals surface area contributed by atoms with Gasteiger partial charge in [0, 0.05) is 10.0 Å². The minimum absolute atomic E-state index is 0.145. The van der Waals surface area contributed by atoms with Crippen molar-refractivity contribution in [3.63, 3.8) is 0 Å². The van der Waals surface area contributed by atoms with Crippen LogP contribution in [0.25, 0.3) is 11.3 Å². The fourth-order valence-corrected chi connectivity index (χ4v) is 2.43. The van der Waals surface area contributed by atoms with Gasteiger partial charge >= 0.3 is 0 Å². The third kappa shape index (κ3) is 5.30. The van der Waals surface area contributed by atoms with E-state index in [1.165, 1.54) is 6.21 Å². The molecule has 0 aliphatic heterocycles. The first-order chi connectivity index (χ1) is 13.1. The highest BCUT2D eigenvalue weighted by Crippen LogP contribution is 2.21. The van der Waals surface area contributed by atoms with Crippen LogP contribution in [0.5, 0.6) is 5.75 Å². The number of hydrogen-bond acceptors (Lipinski definition) is 5. The molecule has 2 aromatic carbocycles. The molecule has 27 heavy (non-hydrogen) atoms. The van der Waals surface area contributed by atoms with E-state index in [1.807, 2.05) is 12.1 Å². The Labute approximate surface area is 164 Å². The van der Waals surface area contributed by atoms with Crippen LogP contribution < -0.4 is 10.2 Å². The van der Waals surface area contributed by atoms with Crippen molar-refractivity contribution in [2.75, 3.05) is 6.61 Å². The summed E-state index contributed by atoms with van der Waals surface area (Å²) < 4.78 is 11.9. The Bertz CT molecular complexity index is 987. The van der Waals surface area contributed by atoms with Crippen LogP contribution in [0, 0.1) is 11.3 Å². The van der Waals surface area contributed by atoms with Gasteiger partial charge in [-0.3, -0.25) is 4.79 Å². The molecule has 134 valence electrons. The second-order valence-corrected chi connectivity index (χ2v) is 6.34. The second-order valence-electron chi connectivity index (χ2n) is 5.43. The molecule has 0 aliphatic rings. The topological polar surface area (TPSA) is 87.6 Å². The highest BCUT2D eigenvalue weighted by molar-refractivity contribution is 9.10. The number of ether oxygens (including phenoxy) is 1. The molecule has 0 fully saturated rings. The minimum Gasteiger partial charge on any atom is -0.484 e. The molecule has 7 heteroatoms. The molecule has 1 heterocycles. The van der Waals surface area contributed by atoms with Crippen molar-refractivity contribution in [3.8, 4) is 23.1 Å². The van der Waals surface area contributed by atoms with Crippen molar-refractivity contribution in [1.82, 2.24) is 5.43 Å². The normalized spacial score (nSPS) is 10.5. The molecule has 0 bridgehead atoms. The zero-order valence-corrected chi connectivity index (χ0v) is 15.6. The number of furan rings is 1. The van der Waals surface area contributed by atoms with E-state index >= 15 is 0 Å².